The molecule has 1 rings (SSSR count). The molecule has 0 unspecified atom stereocenters. The van der Waals surface area contributed by atoms with Gasteiger partial charge in [-0.15, -0.1) is 0 Å². The highest BCUT2D eigenvalue weighted by atomic mass is 35.5. The van der Waals surface area contributed by atoms with Crippen LogP contribution in [-0.2, 0) is 6.54 Å². The third kappa shape index (κ3) is 5.11. The second-order valence-electron chi connectivity index (χ2n) is 4.00. The van der Waals surface area contributed by atoms with Gasteiger partial charge in [0.15, 0.2) is 0 Å². The van der Waals surface area contributed by atoms with Crippen LogP contribution in [0.4, 0.5) is 0 Å². The molecule has 1 aromatic carbocycles. The summed E-state index contributed by atoms with van der Waals surface area (Å²) in [6.45, 7) is 2.04. The van der Waals surface area contributed by atoms with Crippen LogP contribution >= 0.6 is 11.6 Å². The highest BCUT2D eigenvalue weighted by molar-refractivity contribution is 6.25. The molecule has 0 aliphatic heterocycles. The molecule has 1 N–H and O–H groups in total. The van der Waals surface area contributed by atoms with Gasteiger partial charge in [-0.25, -0.2) is 0 Å². The van der Waals surface area contributed by atoms with Gasteiger partial charge in [0.25, 0.3) is 0 Å². The Kier molecular flexibility index (Phi) is 7.33. The number of hydrogen-bond acceptors (Lipinski definition) is 4. The number of benzene rings is 1. The summed E-state index contributed by atoms with van der Waals surface area (Å²) in [6, 6.07) is 5.71. The number of ether oxygens (including phenoxy) is 2. The Morgan fingerprint density at radius 1 is 1.32 bits per heavy atom. The number of hydrogen-bond donors (Lipinski definition) is 1. The summed E-state index contributed by atoms with van der Waals surface area (Å²) in [6.07, 6.45) is 1.84. The predicted octanol–water partition coefficient (Wildman–Crippen LogP) is 2.25. The van der Waals surface area contributed by atoms with Crippen LogP contribution in [0.25, 0.3) is 0 Å². The summed E-state index contributed by atoms with van der Waals surface area (Å²) in [5, 5.41) is 9.07. The molecule has 0 atom stereocenters. The monoisotopic (exact) mass is 285 g/mol. The molecule has 0 aliphatic rings. The first-order valence-corrected chi connectivity index (χ1v) is 6.48. The quantitative estimate of drug-likeness (QED) is 0.795. The van der Waals surface area contributed by atoms with Crippen molar-refractivity contribution in [2.75, 3.05) is 33.9 Å². The van der Waals surface area contributed by atoms with Gasteiger partial charge in [0.05, 0.1) is 20.8 Å². The third-order valence-corrected chi connectivity index (χ3v) is 2.94. The van der Waals surface area contributed by atoms with Crippen LogP contribution < -0.4 is 9.47 Å². The summed E-state index contributed by atoms with van der Waals surface area (Å²) < 4.78 is 10.5. The number of aliphatic hydroxyl groups is 1. The topological polar surface area (TPSA) is 41.9 Å². The minimum absolute atomic E-state index is 0.106. The van der Waals surface area contributed by atoms with Crippen molar-refractivity contribution in [3.05, 3.63) is 35.4 Å². The zero-order valence-corrected chi connectivity index (χ0v) is 12.1. The lowest BCUT2D eigenvalue weighted by Gasteiger charge is -2.21. The third-order valence-electron chi connectivity index (χ3n) is 2.76. The highest BCUT2D eigenvalue weighted by Gasteiger charge is 2.09. The summed E-state index contributed by atoms with van der Waals surface area (Å²) in [4.78, 5) is 2.07. The maximum Gasteiger partial charge on any atom is 0.127 e. The Morgan fingerprint density at radius 3 is 2.68 bits per heavy atom. The first-order chi connectivity index (χ1) is 9.24. The molecule has 0 radical (unpaired) electrons. The molecule has 5 heteroatoms. The minimum Gasteiger partial charge on any atom is -0.497 e. The van der Waals surface area contributed by atoms with Crippen molar-refractivity contribution in [1.29, 1.82) is 0 Å². The van der Waals surface area contributed by atoms with Gasteiger partial charge in [0.1, 0.15) is 11.5 Å². The molecule has 0 heterocycles. The van der Waals surface area contributed by atoms with E-state index in [1.807, 2.05) is 24.3 Å². The molecule has 0 aliphatic carbocycles. The highest BCUT2D eigenvalue weighted by Crippen LogP contribution is 2.25. The van der Waals surface area contributed by atoms with E-state index in [2.05, 4.69) is 4.90 Å². The van der Waals surface area contributed by atoms with Crippen molar-refractivity contribution in [3.8, 4) is 11.5 Å². The number of nitrogens with zero attached hydrogens (tertiary/aromatic N) is 1. The predicted molar refractivity (Wildman–Crippen MR) is 76.9 cm³/mol. The standard InChI is InChI=1S/C14H20ClNO3/c1-18-13-5-4-12(14(10-13)19-2)11-16(8-9-17)7-3-6-15/h3-6,10,17H,7-9,11H2,1-2H3. The molecule has 0 saturated heterocycles. The van der Waals surface area contributed by atoms with Gasteiger partial charge < -0.3 is 14.6 Å². The van der Waals surface area contributed by atoms with Crippen molar-refractivity contribution in [2.24, 2.45) is 0 Å². The summed E-state index contributed by atoms with van der Waals surface area (Å²) in [5.41, 5.74) is 2.52. The van der Waals surface area contributed by atoms with Crippen molar-refractivity contribution >= 4 is 11.6 Å². The number of rotatable bonds is 8. The fourth-order valence-corrected chi connectivity index (χ4v) is 1.87. The molecular formula is C14H20ClNO3. The van der Waals surface area contributed by atoms with Gasteiger partial charge in [-0.3, -0.25) is 4.90 Å². The Morgan fingerprint density at radius 2 is 2.11 bits per heavy atom. The summed E-state index contributed by atoms with van der Waals surface area (Å²) in [7, 11) is 3.26. The van der Waals surface area contributed by atoms with Crippen molar-refractivity contribution < 1.29 is 14.6 Å². The maximum absolute atomic E-state index is 9.07. The number of halogens is 1. The lowest BCUT2D eigenvalue weighted by Crippen LogP contribution is -2.26. The SMILES string of the molecule is COc1ccc(CN(CC=CCl)CCO)c(OC)c1. The normalized spacial score (nSPS) is 11.2. The van der Waals surface area contributed by atoms with Gasteiger partial charge in [-0.2, -0.15) is 0 Å². The fraction of sp³-hybridized carbons (Fsp3) is 0.429. The molecule has 106 valence electrons. The van der Waals surface area contributed by atoms with E-state index in [1.165, 1.54) is 5.54 Å². The van der Waals surface area contributed by atoms with Gasteiger partial charge in [-0.05, 0) is 6.07 Å². The lowest BCUT2D eigenvalue weighted by molar-refractivity contribution is 0.202. The Bertz CT molecular complexity index is 410. The molecule has 0 saturated carbocycles. The van der Waals surface area contributed by atoms with Crippen LogP contribution in [0.2, 0.25) is 0 Å². The smallest absolute Gasteiger partial charge is 0.127 e. The average Bonchev–Trinajstić information content (AvgIpc) is 2.45. The molecule has 0 aromatic heterocycles. The first-order valence-electron chi connectivity index (χ1n) is 6.04. The van der Waals surface area contributed by atoms with E-state index in [0.29, 0.717) is 19.6 Å². The minimum atomic E-state index is 0.106. The van der Waals surface area contributed by atoms with Crippen molar-refractivity contribution in [2.45, 2.75) is 6.54 Å². The summed E-state index contributed by atoms with van der Waals surface area (Å²) >= 11 is 5.54. The molecule has 19 heavy (non-hydrogen) atoms. The second kappa shape index (κ2) is 8.80. The maximum atomic E-state index is 9.07. The number of methoxy groups -OCH3 is 2. The Hall–Kier alpha value is -1.23. The molecule has 0 fully saturated rings. The molecule has 4 nitrogen and oxygen atoms in total. The fourth-order valence-electron chi connectivity index (χ4n) is 1.79. The molecule has 0 spiro atoms. The Labute approximate surface area is 119 Å². The Balaban J connectivity index is 2.82. The van der Waals surface area contributed by atoms with Gasteiger partial charge in [0, 0.05) is 36.8 Å². The molecular weight excluding hydrogens is 266 g/mol. The van der Waals surface area contributed by atoms with Crippen molar-refractivity contribution in [3.63, 3.8) is 0 Å². The van der Waals surface area contributed by atoms with Crippen LogP contribution in [0.15, 0.2) is 29.8 Å². The van der Waals surface area contributed by atoms with Crippen molar-refractivity contribution in [1.82, 2.24) is 4.90 Å². The van der Waals surface area contributed by atoms with E-state index in [1.54, 1.807) is 14.2 Å². The van der Waals surface area contributed by atoms with Crippen LogP contribution in [-0.4, -0.2) is 43.9 Å². The summed E-state index contributed by atoms with van der Waals surface area (Å²) in [5.74, 6) is 1.53. The van der Waals surface area contributed by atoms with E-state index in [-0.39, 0.29) is 6.61 Å². The van der Waals surface area contributed by atoms with E-state index in [9.17, 15) is 0 Å². The second-order valence-corrected chi connectivity index (χ2v) is 4.25. The van der Waals surface area contributed by atoms with E-state index in [0.717, 1.165) is 17.1 Å². The largest absolute Gasteiger partial charge is 0.497 e. The van der Waals surface area contributed by atoms with E-state index < -0.39 is 0 Å². The zero-order chi connectivity index (χ0) is 14.1. The van der Waals surface area contributed by atoms with E-state index in [4.69, 9.17) is 26.2 Å². The average molecular weight is 286 g/mol. The first kappa shape index (κ1) is 15.8. The molecule has 0 bridgehead atoms. The molecule has 1 aromatic rings. The van der Waals surface area contributed by atoms with Gasteiger partial charge in [-0.1, -0.05) is 23.7 Å². The van der Waals surface area contributed by atoms with Gasteiger partial charge >= 0.3 is 0 Å². The zero-order valence-electron chi connectivity index (χ0n) is 11.3. The lowest BCUT2D eigenvalue weighted by atomic mass is 10.1. The van der Waals surface area contributed by atoms with Crippen LogP contribution in [0.1, 0.15) is 5.56 Å². The van der Waals surface area contributed by atoms with Gasteiger partial charge in [0.2, 0.25) is 0 Å². The van der Waals surface area contributed by atoms with Crippen LogP contribution in [0, 0.1) is 0 Å². The number of aliphatic hydroxyl groups excluding tert-OH is 1. The van der Waals surface area contributed by atoms with Crippen LogP contribution in [0.3, 0.4) is 0 Å². The van der Waals surface area contributed by atoms with E-state index >= 15 is 0 Å². The van der Waals surface area contributed by atoms with Crippen LogP contribution in [0.5, 0.6) is 11.5 Å². The molecule has 0 amide bonds.